The van der Waals surface area contributed by atoms with Crippen LogP contribution in [0.25, 0.3) is 11.5 Å². The molecule has 3 aromatic rings. The van der Waals surface area contributed by atoms with E-state index in [2.05, 4.69) is 39.4 Å². The van der Waals surface area contributed by atoms with Gasteiger partial charge in [0.05, 0.1) is 0 Å². The van der Waals surface area contributed by atoms with Gasteiger partial charge in [-0.05, 0) is 31.0 Å². The maximum Gasteiger partial charge on any atom is 0.247 e. The number of rotatable bonds is 6. The van der Waals surface area contributed by atoms with Crippen LogP contribution in [0.15, 0.2) is 59.0 Å². The highest BCUT2D eigenvalue weighted by molar-refractivity contribution is 5.76. The summed E-state index contributed by atoms with van der Waals surface area (Å²) in [6.07, 6.45) is 1.87. The normalized spacial score (nSPS) is 15.2. The zero-order chi connectivity index (χ0) is 20.8. The van der Waals surface area contributed by atoms with Gasteiger partial charge in [0.1, 0.15) is 0 Å². The maximum absolute atomic E-state index is 12.7. The molecule has 156 valence electrons. The molecule has 0 atom stereocenters. The molecule has 0 aliphatic carbocycles. The molecule has 1 aliphatic rings. The predicted octanol–water partition coefficient (Wildman–Crippen LogP) is 3.71. The average Bonchev–Trinajstić information content (AvgIpc) is 3.12. The van der Waals surface area contributed by atoms with Crippen LogP contribution in [-0.2, 0) is 17.8 Å². The molecule has 4 rings (SSSR count). The highest BCUT2D eigenvalue weighted by Gasteiger charge is 2.20. The zero-order valence-corrected chi connectivity index (χ0v) is 17.5. The van der Waals surface area contributed by atoms with Gasteiger partial charge < -0.3 is 9.32 Å². The molecule has 0 spiro atoms. The predicted molar refractivity (Wildman–Crippen MR) is 116 cm³/mol. The molecule has 1 fully saturated rings. The van der Waals surface area contributed by atoms with Crippen LogP contribution >= 0.6 is 0 Å². The number of aryl methyl sites for hydroxylation is 2. The molecule has 0 saturated carbocycles. The van der Waals surface area contributed by atoms with Crippen LogP contribution in [0.2, 0.25) is 0 Å². The molecule has 6 nitrogen and oxygen atoms in total. The van der Waals surface area contributed by atoms with Gasteiger partial charge in [0.25, 0.3) is 0 Å². The van der Waals surface area contributed by atoms with Gasteiger partial charge in [-0.25, -0.2) is 0 Å². The van der Waals surface area contributed by atoms with Crippen molar-refractivity contribution in [2.24, 2.45) is 0 Å². The molecule has 0 unspecified atom stereocenters. The number of benzene rings is 2. The number of hydrogen-bond acceptors (Lipinski definition) is 5. The van der Waals surface area contributed by atoms with Crippen molar-refractivity contribution in [1.82, 2.24) is 20.0 Å². The molecule has 2 heterocycles. The number of amides is 1. The summed E-state index contributed by atoms with van der Waals surface area (Å²) < 4.78 is 5.75. The van der Waals surface area contributed by atoms with E-state index < -0.39 is 0 Å². The van der Waals surface area contributed by atoms with Gasteiger partial charge in [-0.1, -0.05) is 48.0 Å². The third-order valence-electron chi connectivity index (χ3n) is 5.51. The molecule has 2 aromatic carbocycles. The van der Waals surface area contributed by atoms with E-state index in [1.165, 1.54) is 11.1 Å². The van der Waals surface area contributed by atoms with Crippen molar-refractivity contribution in [2.75, 3.05) is 26.2 Å². The lowest BCUT2D eigenvalue weighted by Gasteiger charge is -2.22. The largest absolute Gasteiger partial charge is 0.421 e. The summed E-state index contributed by atoms with van der Waals surface area (Å²) in [6.45, 7) is 6.47. The SMILES string of the molecule is Cc1ccc(-c2nnc(CCC(=O)N3CCCN(Cc4ccccc4)CC3)o2)cc1. The van der Waals surface area contributed by atoms with Crippen LogP contribution in [-0.4, -0.2) is 52.1 Å². The third-order valence-corrected chi connectivity index (χ3v) is 5.51. The fourth-order valence-corrected chi connectivity index (χ4v) is 3.76. The van der Waals surface area contributed by atoms with Crippen LogP contribution in [0.5, 0.6) is 0 Å². The van der Waals surface area contributed by atoms with Gasteiger partial charge in [0.15, 0.2) is 0 Å². The number of nitrogens with zero attached hydrogens (tertiary/aromatic N) is 4. The van der Waals surface area contributed by atoms with Crippen LogP contribution in [0.3, 0.4) is 0 Å². The highest BCUT2D eigenvalue weighted by Crippen LogP contribution is 2.19. The highest BCUT2D eigenvalue weighted by atomic mass is 16.4. The van der Waals surface area contributed by atoms with E-state index in [1.807, 2.05) is 42.2 Å². The summed E-state index contributed by atoms with van der Waals surface area (Å²) in [5, 5.41) is 8.24. The zero-order valence-electron chi connectivity index (χ0n) is 17.5. The minimum atomic E-state index is 0.159. The Balaban J connectivity index is 1.26. The van der Waals surface area contributed by atoms with E-state index >= 15 is 0 Å². The summed E-state index contributed by atoms with van der Waals surface area (Å²) >= 11 is 0. The molecule has 0 N–H and O–H groups in total. The molecule has 0 radical (unpaired) electrons. The van der Waals surface area contributed by atoms with Crippen molar-refractivity contribution in [3.8, 4) is 11.5 Å². The molecular formula is C24H28N4O2. The summed E-state index contributed by atoms with van der Waals surface area (Å²) in [5.41, 5.74) is 3.40. The topological polar surface area (TPSA) is 62.5 Å². The molecule has 1 saturated heterocycles. The number of carbonyl (C=O) groups excluding carboxylic acids is 1. The van der Waals surface area contributed by atoms with Crippen LogP contribution in [0, 0.1) is 6.92 Å². The fraction of sp³-hybridized carbons (Fsp3) is 0.375. The minimum Gasteiger partial charge on any atom is -0.421 e. The number of aromatic nitrogens is 2. The summed E-state index contributed by atoms with van der Waals surface area (Å²) in [6, 6.07) is 18.5. The van der Waals surface area contributed by atoms with E-state index in [0.717, 1.165) is 44.7 Å². The molecule has 1 aromatic heterocycles. The smallest absolute Gasteiger partial charge is 0.247 e. The van der Waals surface area contributed by atoms with Gasteiger partial charge in [-0.3, -0.25) is 9.69 Å². The van der Waals surface area contributed by atoms with Gasteiger partial charge in [-0.2, -0.15) is 0 Å². The Hall–Kier alpha value is -2.99. The average molecular weight is 405 g/mol. The van der Waals surface area contributed by atoms with Crippen molar-refractivity contribution in [3.63, 3.8) is 0 Å². The summed E-state index contributed by atoms with van der Waals surface area (Å²) in [7, 11) is 0. The van der Waals surface area contributed by atoms with Crippen molar-refractivity contribution >= 4 is 5.91 Å². The molecule has 6 heteroatoms. The fourth-order valence-electron chi connectivity index (χ4n) is 3.76. The van der Waals surface area contributed by atoms with Gasteiger partial charge >= 0.3 is 0 Å². The van der Waals surface area contributed by atoms with Crippen LogP contribution in [0.1, 0.15) is 29.9 Å². The first kappa shape index (κ1) is 20.3. The standard InChI is InChI=1S/C24H28N4O2/c1-19-8-10-21(11-9-19)24-26-25-22(30-24)12-13-23(29)28-15-5-14-27(16-17-28)18-20-6-3-2-4-7-20/h2-4,6-11H,5,12-18H2,1H3. The second-order valence-corrected chi connectivity index (χ2v) is 7.86. The van der Waals surface area contributed by atoms with Crippen LogP contribution in [0.4, 0.5) is 0 Å². The lowest BCUT2D eigenvalue weighted by atomic mass is 10.1. The Morgan fingerprint density at radius 1 is 0.967 bits per heavy atom. The van der Waals surface area contributed by atoms with Crippen molar-refractivity contribution in [3.05, 3.63) is 71.6 Å². The van der Waals surface area contributed by atoms with Crippen molar-refractivity contribution in [1.29, 1.82) is 0 Å². The van der Waals surface area contributed by atoms with Crippen LogP contribution < -0.4 is 0 Å². The van der Waals surface area contributed by atoms with Gasteiger partial charge in [0, 0.05) is 51.1 Å². The Morgan fingerprint density at radius 2 is 1.77 bits per heavy atom. The number of carbonyl (C=O) groups is 1. The first-order valence-electron chi connectivity index (χ1n) is 10.6. The van der Waals surface area contributed by atoms with Gasteiger partial charge in [0.2, 0.25) is 17.7 Å². The van der Waals surface area contributed by atoms with Crippen molar-refractivity contribution in [2.45, 2.75) is 32.7 Å². The molecule has 1 aliphatic heterocycles. The molecular weight excluding hydrogens is 376 g/mol. The Morgan fingerprint density at radius 3 is 2.57 bits per heavy atom. The van der Waals surface area contributed by atoms with Gasteiger partial charge in [-0.15, -0.1) is 10.2 Å². The second-order valence-electron chi connectivity index (χ2n) is 7.86. The summed E-state index contributed by atoms with van der Waals surface area (Å²) in [4.78, 5) is 17.1. The maximum atomic E-state index is 12.7. The third kappa shape index (κ3) is 5.33. The van der Waals surface area contributed by atoms with E-state index in [1.54, 1.807) is 0 Å². The second kappa shape index (κ2) is 9.67. The lowest BCUT2D eigenvalue weighted by molar-refractivity contribution is -0.131. The molecule has 1 amide bonds. The van der Waals surface area contributed by atoms with E-state index in [0.29, 0.717) is 24.6 Å². The minimum absolute atomic E-state index is 0.159. The number of hydrogen-bond donors (Lipinski definition) is 0. The Labute approximate surface area is 177 Å². The Bertz CT molecular complexity index is 953. The first-order valence-corrected chi connectivity index (χ1v) is 10.6. The monoisotopic (exact) mass is 404 g/mol. The van der Waals surface area contributed by atoms with E-state index in [9.17, 15) is 4.79 Å². The molecule has 0 bridgehead atoms. The van der Waals surface area contributed by atoms with Crippen molar-refractivity contribution < 1.29 is 9.21 Å². The first-order chi connectivity index (χ1) is 14.7. The van der Waals surface area contributed by atoms with E-state index in [4.69, 9.17) is 4.42 Å². The summed E-state index contributed by atoms with van der Waals surface area (Å²) in [5.74, 6) is 1.18. The Kier molecular flexibility index (Phi) is 6.54. The quantitative estimate of drug-likeness (QED) is 0.627. The van der Waals surface area contributed by atoms with E-state index in [-0.39, 0.29) is 5.91 Å². The molecule has 30 heavy (non-hydrogen) atoms. The lowest BCUT2D eigenvalue weighted by Crippen LogP contribution is -2.35.